The number of anilines is 1. The van der Waals surface area contributed by atoms with Crippen LogP contribution in [0.25, 0.3) is 0 Å². The van der Waals surface area contributed by atoms with Crippen LogP contribution in [0, 0.1) is 0 Å². The molecule has 0 saturated heterocycles. The first-order valence-corrected chi connectivity index (χ1v) is 9.71. The maximum atomic E-state index is 12.2. The monoisotopic (exact) mass is 369 g/mol. The van der Waals surface area contributed by atoms with Crippen molar-refractivity contribution in [2.75, 3.05) is 17.1 Å². The number of esters is 1. The van der Waals surface area contributed by atoms with Crippen molar-refractivity contribution >= 4 is 33.4 Å². The van der Waals surface area contributed by atoms with Crippen molar-refractivity contribution in [1.29, 1.82) is 0 Å². The van der Waals surface area contributed by atoms with Gasteiger partial charge in [-0.2, -0.15) is 5.10 Å². The van der Waals surface area contributed by atoms with Gasteiger partial charge in [-0.3, -0.25) is 14.2 Å². The molecule has 0 fully saturated rings. The minimum Gasteiger partial charge on any atom is -0.466 e. The minimum atomic E-state index is -3.63. The number of nitrogens with zero attached hydrogens (tertiary/aromatic N) is 2. The molecular weight excluding hydrogens is 350 g/mol. The summed E-state index contributed by atoms with van der Waals surface area (Å²) in [6.07, 6.45) is 3.50. The van der Waals surface area contributed by atoms with E-state index in [1.54, 1.807) is 30.9 Å². The van der Waals surface area contributed by atoms with Gasteiger partial charge in [0.1, 0.15) is 4.90 Å². The van der Waals surface area contributed by atoms with Crippen molar-refractivity contribution in [2.24, 2.45) is 7.05 Å². The summed E-state index contributed by atoms with van der Waals surface area (Å²) in [7, 11) is -1.97. The Morgan fingerprint density at radius 3 is 2.62 bits per heavy atom. The van der Waals surface area contributed by atoms with Gasteiger partial charge < -0.3 is 4.74 Å². The number of aryl methyl sites for hydroxylation is 1. The first-order chi connectivity index (χ1) is 11.4. The van der Waals surface area contributed by atoms with Crippen LogP contribution in [0.4, 0.5) is 5.69 Å². The molecule has 1 N–H and O–H groups in total. The van der Waals surface area contributed by atoms with Crippen molar-refractivity contribution < 1.29 is 17.9 Å². The highest BCUT2D eigenvalue weighted by atomic mass is 32.2. The zero-order valence-corrected chi connectivity index (χ0v) is 15.1. The zero-order chi connectivity index (χ0) is 17.6. The number of ether oxygens (including phenoxy) is 1. The lowest BCUT2D eigenvalue weighted by molar-refractivity contribution is -0.140. The molecule has 2 rings (SSSR count). The van der Waals surface area contributed by atoms with E-state index in [0.29, 0.717) is 12.3 Å². The quantitative estimate of drug-likeness (QED) is 0.436. The lowest BCUT2D eigenvalue weighted by atomic mass is 10.3. The lowest BCUT2D eigenvalue weighted by Gasteiger charge is -2.07. The van der Waals surface area contributed by atoms with Crippen molar-refractivity contribution in [3.63, 3.8) is 0 Å². The van der Waals surface area contributed by atoms with Gasteiger partial charge >= 0.3 is 5.97 Å². The first-order valence-electron chi connectivity index (χ1n) is 7.24. The molecule has 2 aromatic rings. The van der Waals surface area contributed by atoms with Crippen LogP contribution in [-0.4, -0.2) is 36.5 Å². The summed E-state index contributed by atoms with van der Waals surface area (Å²) in [5, 5.41) is 3.86. The SMILES string of the molecule is CC(=O)OCCCSc1ccc(NS(=O)(=O)c2cnn(C)c2)cc1. The van der Waals surface area contributed by atoms with E-state index in [4.69, 9.17) is 4.74 Å². The summed E-state index contributed by atoms with van der Waals surface area (Å²) in [5.41, 5.74) is 0.489. The Balaban J connectivity index is 1.87. The number of nitrogens with one attached hydrogen (secondary N) is 1. The average Bonchev–Trinajstić information content (AvgIpc) is 2.95. The van der Waals surface area contributed by atoms with Crippen LogP contribution in [0.1, 0.15) is 13.3 Å². The van der Waals surface area contributed by atoms with Crippen LogP contribution in [0.3, 0.4) is 0 Å². The van der Waals surface area contributed by atoms with Crippen LogP contribution < -0.4 is 4.72 Å². The Labute approximate surface area is 145 Å². The van der Waals surface area contributed by atoms with Crippen LogP contribution in [0.5, 0.6) is 0 Å². The van der Waals surface area contributed by atoms with Crippen LogP contribution in [-0.2, 0) is 26.6 Å². The van der Waals surface area contributed by atoms with Gasteiger partial charge in [-0.05, 0) is 30.7 Å². The summed E-state index contributed by atoms with van der Waals surface area (Å²) in [5.74, 6) is 0.541. The van der Waals surface area contributed by atoms with E-state index in [1.165, 1.54) is 24.0 Å². The normalized spacial score (nSPS) is 11.2. The molecule has 0 amide bonds. The molecule has 0 saturated carbocycles. The molecule has 0 bridgehead atoms. The summed E-state index contributed by atoms with van der Waals surface area (Å²) in [6, 6.07) is 7.11. The molecule has 24 heavy (non-hydrogen) atoms. The van der Waals surface area contributed by atoms with Gasteiger partial charge in [0.2, 0.25) is 0 Å². The van der Waals surface area contributed by atoms with E-state index in [1.807, 2.05) is 12.1 Å². The lowest BCUT2D eigenvalue weighted by Crippen LogP contribution is -2.12. The van der Waals surface area contributed by atoms with E-state index in [0.717, 1.165) is 17.1 Å². The van der Waals surface area contributed by atoms with Gasteiger partial charge in [0.05, 0.1) is 12.8 Å². The molecule has 1 aromatic carbocycles. The standard InChI is InChI=1S/C15H19N3O4S2/c1-12(19)22-8-3-9-23-14-6-4-13(5-7-14)17-24(20,21)15-10-16-18(2)11-15/h4-7,10-11,17H,3,8-9H2,1-2H3. The molecule has 0 aliphatic rings. The largest absolute Gasteiger partial charge is 0.466 e. The van der Waals surface area contributed by atoms with E-state index in [2.05, 4.69) is 9.82 Å². The third-order valence-corrected chi connectivity index (χ3v) is 5.39. The zero-order valence-electron chi connectivity index (χ0n) is 13.4. The smallest absolute Gasteiger partial charge is 0.302 e. The number of aromatic nitrogens is 2. The molecule has 1 heterocycles. The van der Waals surface area contributed by atoms with E-state index < -0.39 is 10.0 Å². The highest BCUT2D eigenvalue weighted by molar-refractivity contribution is 7.99. The number of rotatable bonds is 8. The third kappa shape index (κ3) is 5.57. The van der Waals surface area contributed by atoms with Gasteiger partial charge in [-0.1, -0.05) is 0 Å². The highest BCUT2D eigenvalue weighted by Gasteiger charge is 2.15. The topological polar surface area (TPSA) is 90.3 Å². The molecule has 0 aliphatic carbocycles. The number of carbonyl (C=O) groups excluding carboxylic acids is 1. The second kappa shape index (κ2) is 8.20. The Kier molecular flexibility index (Phi) is 6.27. The molecule has 130 valence electrons. The van der Waals surface area contributed by atoms with Crippen molar-refractivity contribution in [1.82, 2.24) is 9.78 Å². The summed E-state index contributed by atoms with van der Waals surface area (Å²) < 4.78 is 33.2. The van der Waals surface area contributed by atoms with E-state index >= 15 is 0 Å². The van der Waals surface area contributed by atoms with E-state index in [9.17, 15) is 13.2 Å². The maximum absolute atomic E-state index is 12.2. The van der Waals surface area contributed by atoms with Crippen molar-refractivity contribution in [3.8, 4) is 0 Å². The van der Waals surface area contributed by atoms with Gasteiger partial charge in [0.25, 0.3) is 10.0 Å². The molecule has 0 radical (unpaired) electrons. The Morgan fingerprint density at radius 1 is 1.33 bits per heavy atom. The van der Waals surface area contributed by atoms with Crippen molar-refractivity contribution in [2.45, 2.75) is 23.1 Å². The Hall–Kier alpha value is -2.00. The Morgan fingerprint density at radius 2 is 2.04 bits per heavy atom. The number of sulfonamides is 1. The summed E-state index contributed by atoms with van der Waals surface area (Å²) >= 11 is 1.62. The number of benzene rings is 1. The molecule has 0 aliphatic heterocycles. The predicted octanol–water partition coefficient (Wildman–Crippen LogP) is 2.27. The van der Waals surface area contributed by atoms with Crippen LogP contribution in [0.2, 0.25) is 0 Å². The molecule has 9 heteroatoms. The van der Waals surface area contributed by atoms with Gasteiger partial charge in [0.15, 0.2) is 0 Å². The number of hydrogen-bond donors (Lipinski definition) is 1. The first kappa shape index (κ1) is 18.3. The minimum absolute atomic E-state index is 0.119. The van der Waals surface area contributed by atoms with Gasteiger partial charge in [-0.25, -0.2) is 8.42 Å². The fourth-order valence-corrected chi connectivity index (χ4v) is 3.70. The molecular formula is C15H19N3O4S2. The van der Waals surface area contributed by atoms with Gasteiger partial charge in [0, 0.05) is 36.5 Å². The van der Waals surface area contributed by atoms with Gasteiger partial charge in [-0.15, -0.1) is 11.8 Å². The fraction of sp³-hybridized carbons (Fsp3) is 0.333. The molecule has 0 spiro atoms. The second-order valence-corrected chi connectivity index (χ2v) is 7.87. The second-order valence-electron chi connectivity index (χ2n) is 5.02. The predicted molar refractivity (Wildman–Crippen MR) is 92.4 cm³/mol. The molecule has 0 atom stereocenters. The number of thioether (sulfide) groups is 1. The third-order valence-electron chi connectivity index (χ3n) is 2.96. The summed E-state index contributed by atoms with van der Waals surface area (Å²) in [4.78, 5) is 11.8. The molecule has 1 aromatic heterocycles. The number of carbonyl (C=O) groups is 1. The maximum Gasteiger partial charge on any atom is 0.302 e. The number of hydrogen-bond acceptors (Lipinski definition) is 6. The average molecular weight is 369 g/mol. The van der Waals surface area contributed by atoms with Crippen molar-refractivity contribution in [3.05, 3.63) is 36.7 Å². The molecule has 0 unspecified atom stereocenters. The highest BCUT2D eigenvalue weighted by Crippen LogP contribution is 2.22. The Bertz CT molecular complexity index is 785. The van der Waals surface area contributed by atoms with Crippen LogP contribution in [0.15, 0.2) is 46.5 Å². The van der Waals surface area contributed by atoms with E-state index in [-0.39, 0.29) is 10.9 Å². The molecule has 7 nitrogen and oxygen atoms in total. The summed E-state index contributed by atoms with van der Waals surface area (Å²) in [6.45, 7) is 1.80. The fourth-order valence-electron chi connectivity index (χ4n) is 1.84. The van der Waals surface area contributed by atoms with Crippen LogP contribution >= 0.6 is 11.8 Å².